The van der Waals surface area contributed by atoms with Crippen LogP contribution in [0.15, 0.2) is 65.6 Å². The number of pyridine rings is 1. The fourth-order valence-corrected chi connectivity index (χ4v) is 4.45. The number of benzene rings is 2. The molecule has 1 amide bonds. The monoisotopic (exact) mass is 438 g/mol. The summed E-state index contributed by atoms with van der Waals surface area (Å²) in [5.74, 6) is 1.11. The minimum atomic E-state index is -3.61. The van der Waals surface area contributed by atoms with Gasteiger partial charge in [0.2, 0.25) is 0 Å². The van der Waals surface area contributed by atoms with Gasteiger partial charge in [-0.15, -0.1) is 0 Å². The van der Waals surface area contributed by atoms with Crippen LogP contribution in [0.25, 0.3) is 11.3 Å². The molecule has 1 aliphatic heterocycles. The first kappa shape index (κ1) is 20.9. The number of amides is 1. The number of sulfone groups is 1. The first-order valence-corrected chi connectivity index (χ1v) is 11.4. The van der Waals surface area contributed by atoms with Crippen molar-refractivity contribution in [3.8, 4) is 22.8 Å². The van der Waals surface area contributed by atoms with Crippen LogP contribution in [0.4, 0.5) is 5.82 Å². The lowest BCUT2D eigenvalue weighted by atomic mass is 10.1. The second-order valence-corrected chi connectivity index (χ2v) is 9.78. The van der Waals surface area contributed by atoms with E-state index < -0.39 is 21.0 Å². The van der Waals surface area contributed by atoms with Gasteiger partial charge in [-0.05, 0) is 56.3 Å². The normalized spacial score (nSPS) is 13.1. The first-order valence-electron chi connectivity index (χ1n) is 9.87. The zero-order valence-electron chi connectivity index (χ0n) is 17.2. The van der Waals surface area contributed by atoms with Crippen LogP contribution < -0.4 is 14.8 Å². The van der Waals surface area contributed by atoms with Gasteiger partial charge < -0.3 is 14.8 Å². The van der Waals surface area contributed by atoms with Crippen LogP contribution in [0.1, 0.15) is 24.2 Å². The Kier molecular flexibility index (Phi) is 5.65. The first-order chi connectivity index (χ1) is 14.9. The molecule has 0 radical (unpaired) electrons. The number of carbonyl (C=O) groups excluding carboxylic acids is 1. The number of rotatable bonds is 5. The molecule has 7 nitrogen and oxygen atoms in total. The molecule has 1 N–H and O–H groups in total. The maximum absolute atomic E-state index is 12.9. The van der Waals surface area contributed by atoms with Crippen molar-refractivity contribution in [3.63, 3.8) is 0 Å². The molecule has 3 aromatic rings. The highest BCUT2D eigenvalue weighted by atomic mass is 32.2. The number of fused-ring (bicyclic) bond motifs is 1. The lowest BCUT2D eigenvalue weighted by molar-refractivity contribution is 0.102. The molecule has 0 aliphatic carbocycles. The van der Waals surface area contributed by atoms with Crippen molar-refractivity contribution in [2.45, 2.75) is 24.0 Å². The minimum Gasteiger partial charge on any atom is -0.486 e. The van der Waals surface area contributed by atoms with Crippen molar-refractivity contribution in [1.82, 2.24) is 4.98 Å². The van der Waals surface area contributed by atoms with E-state index >= 15 is 0 Å². The molecule has 0 fully saturated rings. The predicted molar refractivity (Wildman–Crippen MR) is 117 cm³/mol. The molecule has 1 aromatic heterocycles. The van der Waals surface area contributed by atoms with Gasteiger partial charge in [0.05, 0.1) is 21.4 Å². The van der Waals surface area contributed by atoms with E-state index in [1.807, 2.05) is 24.3 Å². The summed E-state index contributed by atoms with van der Waals surface area (Å²) in [4.78, 5) is 17.4. The zero-order chi connectivity index (χ0) is 22.0. The Morgan fingerprint density at radius 2 is 1.71 bits per heavy atom. The summed E-state index contributed by atoms with van der Waals surface area (Å²) in [5.41, 5.74) is 1.53. The summed E-state index contributed by atoms with van der Waals surface area (Å²) in [7, 11) is -3.61. The van der Waals surface area contributed by atoms with Crippen molar-refractivity contribution in [3.05, 3.63) is 66.2 Å². The molecule has 0 atom stereocenters. The van der Waals surface area contributed by atoms with Crippen molar-refractivity contribution in [2.75, 3.05) is 18.5 Å². The Bertz CT molecular complexity index is 1240. The van der Waals surface area contributed by atoms with Gasteiger partial charge >= 0.3 is 0 Å². The van der Waals surface area contributed by atoms with Gasteiger partial charge in [-0.25, -0.2) is 13.4 Å². The third kappa shape index (κ3) is 4.25. The van der Waals surface area contributed by atoms with Gasteiger partial charge in [-0.3, -0.25) is 4.79 Å². The summed E-state index contributed by atoms with van der Waals surface area (Å²) >= 11 is 0. The predicted octanol–water partition coefficient (Wildman–Crippen LogP) is 3.95. The van der Waals surface area contributed by atoms with Crippen LogP contribution in [-0.4, -0.2) is 37.8 Å². The molecule has 1 aliphatic rings. The molecular weight excluding hydrogens is 416 g/mol. The van der Waals surface area contributed by atoms with E-state index in [2.05, 4.69) is 10.3 Å². The third-order valence-electron chi connectivity index (χ3n) is 4.89. The van der Waals surface area contributed by atoms with E-state index in [9.17, 15) is 13.2 Å². The number of anilines is 1. The highest BCUT2D eigenvalue weighted by Gasteiger charge is 2.25. The van der Waals surface area contributed by atoms with Gasteiger partial charge in [-0.2, -0.15) is 0 Å². The van der Waals surface area contributed by atoms with Gasteiger partial charge in [0, 0.05) is 5.56 Å². The average Bonchev–Trinajstić information content (AvgIpc) is 2.78. The van der Waals surface area contributed by atoms with Gasteiger partial charge in [0.1, 0.15) is 19.0 Å². The second-order valence-electron chi connectivity index (χ2n) is 7.31. The Balaban J connectivity index is 1.62. The fourth-order valence-electron chi connectivity index (χ4n) is 3.21. The summed E-state index contributed by atoms with van der Waals surface area (Å²) in [6.45, 7) is 4.17. The molecule has 8 heteroatoms. The molecule has 0 spiro atoms. The number of nitrogens with one attached hydrogen (secondary N) is 1. The molecule has 160 valence electrons. The highest BCUT2D eigenvalue weighted by Crippen LogP contribution is 2.34. The lowest BCUT2D eigenvalue weighted by Crippen LogP contribution is -2.21. The molecule has 4 rings (SSSR count). The Morgan fingerprint density at radius 1 is 0.968 bits per heavy atom. The maximum Gasteiger partial charge on any atom is 0.258 e. The molecule has 0 unspecified atom stereocenters. The standard InChI is InChI=1S/C23H22N2O5S/c1-15(2)31(27,28)21-8-4-3-6-17(21)23(26)25-22-9-5-7-18(24-22)16-10-11-19-20(14-16)30-13-12-29-19/h3-11,14-15H,12-13H2,1-2H3,(H,24,25,26). The van der Waals surface area contributed by atoms with Crippen LogP contribution in [0, 0.1) is 0 Å². The Morgan fingerprint density at radius 3 is 2.48 bits per heavy atom. The van der Waals surface area contributed by atoms with Crippen molar-refractivity contribution < 1.29 is 22.7 Å². The number of hydrogen-bond acceptors (Lipinski definition) is 6. The van der Waals surface area contributed by atoms with E-state index in [-0.39, 0.29) is 10.5 Å². The molecular formula is C23H22N2O5S. The quantitative estimate of drug-likeness (QED) is 0.648. The molecule has 0 saturated heterocycles. The van der Waals surface area contributed by atoms with E-state index in [0.29, 0.717) is 36.2 Å². The Hall–Kier alpha value is -3.39. The van der Waals surface area contributed by atoms with Crippen LogP contribution in [-0.2, 0) is 9.84 Å². The van der Waals surface area contributed by atoms with Crippen LogP contribution in [0.5, 0.6) is 11.5 Å². The smallest absolute Gasteiger partial charge is 0.258 e. The van der Waals surface area contributed by atoms with Crippen molar-refractivity contribution >= 4 is 21.6 Å². The number of ether oxygens (including phenoxy) is 2. The molecule has 2 heterocycles. The number of aromatic nitrogens is 1. The van der Waals surface area contributed by atoms with Crippen molar-refractivity contribution in [1.29, 1.82) is 0 Å². The van der Waals surface area contributed by atoms with E-state index in [4.69, 9.17) is 9.47 Å². The molecule has 0 saturated carbocycles. The van der Waals surface area contributed by atoms with E-state index in [1.165, 1.54) is 12.1 Å². The third-order valence-corrected chi connectivity index (χ3v) is 7.10. The van der Waals surface area contributed by atoms with Crippen LogP contribution in [0.2, 0.25) is 0 Å². The lowest BCUT2D eigenvalue weighted by Gasteiger charge is -2.18. The minimum absolute atomic E-state index is 0.00508. The molecule has 31 heavy (non-hydrogen) atoms. The largest absolute Gasteiger partial charge is 0.486 e. The number of hydrogen-bond donors (Lipinski definition) is 1. The highest BCUT2D eigenvalue weighted by molar-refractivity contribution is 7.92. The SMILES string of the molecule is CC(C)S(=O)(=O)c1ccccc1C(=O)Nc1cccc(-c2ccc3c(c2)OCCO3)n1. The zero-order valence-corrected chi connectivity index (χ0v) is 18.0. The maximum atomic E-state index is 12.9. The van der Waals surface area contributed by atoms with E-state index in [0.717, 1.165) is 5.56 Å². The van der Waals surface area contributed by atoms with Crippen molar-refractivity contribution in [2.24, 2.45) is 0 Å². The van der Waals surface area contributed by atoms with Gasteiger partial charge in [-0.1, -0.05) is 18.2 Å². The van der Waals surface area contributed by atoms with Gasteiger partial charge in [0.25, 0.3) is 5.91 Å². The topological polar surface area (TPSA) is 94.6 Å². The summed E-state index contributed by atoms with van der Waals surface area (Å²) in [5, 5.41) is 2.07. The number of carbonyl (C=O) groups is 1. The summed E-state index contributed by atoms with van der Waals surface area (Å²) < 4.78 is 36.5. The summed E-state index contributed by atoms with van der Waals surface area (Å²) in [6, 6.07) is 16.9. The Labute approximate surface area is 181 Å². The van der Waals surface area contributed by atoms with E-state index in [1.54, 1.807) is 38.1 Å². The van der Waals surface area contributed by atoms with Gasteiger partial charge in [0.15, 0.2) is 21.3 Å². The molecule has 2 aromatic carbocycles. The second kappa shape index (κ2) is 8.39. The average molecular weight is 439 g/mol. The van der Waals surface area contributed by atoms with Crippen LogP contribution in [0.3, 0.4) is 0 Å². The number of nitrogens with zero attached hydrogens (tertiary/aromatic N) is 1. The summed E-state index contributed by atoms with van der Waals surface area (Å²) in [6.07, 6.45) is 0. The molecule has 0 bridgehead atoms. The fraction of sp³-hybridized carbons (Fsp3) is 0.217. The van der Waals surface area contributed by atoms with Crippen LogP contribution >= 0.6 is 0 Å².